The number of carbonyl (C=O) groups excluding carboxylic acids is 1. The number of hydrogen-bond acceptors (Lipinski definition) is 6. The van der Waals surface area contributed by atoms with Crippen LogP contribution in [0.2, 0.25) is 0 Å². The fraction of sp³-hybridized carbons (Fsp3) is 0.370. The molecule has 3 aromatic rings. The first-order valence-electron chi connectivity index (χ1n) is 11.6. The van der Waals surface area contributed by atoms with Crippen LogP contribution >= 0.6 is 11.3 Å². The highest BCUT2D eigenvalue weighted by atomic mass is 32.1. The molecule has 1 fully saturated rings. The molecule has 1 aliphatic rings. The average molecular weight is 481 g/mol. The summed E-state index contributed by atoms with van der Waals surface area (Å²) in [7, 11) is 3.74. The predicted octanol–water partition coefficient (Wildman–Crippen LogP) is 4.84. The minimum atomic E-state index is -0.145. The van der Waals surface area contributed by atoms with Gasteiger partial charge in [-0.1, -0.05) is 42.5 Å². The summed E-state index contributed by atoms with van der Waals surface area (Å²) in [6, 6.07) is 20.4. The van der Waals surface area contributed by atoms with Crippen LogP contribution < -0.4 is 14.8 Å². The van der Waals surface area contributed by atoms with Crippen molar-refractivity contribution >= 4 is 17.2 Å². The summed E-state index contributed by atoms with van der Waals surface area (Å²) in [6.45, 7) is 3.59. The maximum Gasteiger partial charge on any atom is 0.265 e. The third-order valence-electron chi connectivity index (χ3n) is 6.06. The minimum absolute atomic E-state index is 0.145. The number of amides is 1. The Kier molecular flexibility index (Phi) is 8.57. The van der Waals surface area contributed by atoms with Gasteiger partial charge in [-0.15, -0.1) is 11.3 Å². The van der Waals surface area contributed by atoms with Gasteiger partial charge in [-0.3, -0.25) is 9.69 Å². The molecule has 0 atom stereocenters. The first-order chi connectivity index (χ1) is 16.6. The number of benzene rings is 2. The fourth-order valence-corrected chi connectivity index (χ4v) is 5.10. The summed E-state index contributed by atoms with van der Waals surface area (Å²) < 4.78 is 16.9. The first-order valence-corrected chi connectivity index (χ1v) is 12.5. The second-order valence-corrected chi connectivity index (χ2v) is 9.43. The number of nitrogens with zero attached hydrogens (tertiary/aromatic N) is 1. The van der Waals surface area contributed by atoms with Gasteiger partial charge in [0.2, 0.25) is 0 Å². The molecule has 0 radical (unpaired) electrons. The van der Waals surface area contributed by atoms with Gasteiger partial charge in [0.15, 0.2) is 0 Å². The fourth-order valence-electron chi connectivity index (χ4n) is 4.05. The Hall–Kier alpha value is -2.87. The second-order valence-electron chi connectivity index (χ2n) is 8.38. The van der Waals surface area contributed by atoms with Crippen LogP contribution in [0, 0.1) is 0 Å². The number of rotatable bonds is 10. The van der Waals surface area contributed by atoms with E-state index in [1.807, 2.05) is 60.7 Å². The van der Waals surface area contributed by atoms with E-state index in [1.54, 1.807) is 7.11 Å². The SMILES string of the molecule is COc1cc(-c2ccccc2)sc1C(=O)NCc1cccc(OCCN(C)C2CCOCC2)c1. The van der Waals surface area contributed by atoms with Crippen LogP contribution in [0.4, 0.5) is 0 Å². The number of thiophene rings is 1. The molecule has 6 nitrogen and oxygen atoms in total. The molecule has 1 saturated heterocycles. The zero-order valence-corrected chi connectivity index (χ0v) is 20.6. The minimum Gasteiger partial charge on any atom is -0.495 e. The highest BCUT2D eigenvalue weighted by Crippen LogP contribution is 2.36. The van der Waals surface area contributed by atoms with E-state index in [-0.39, 0.29) is 5.91 Å². The van der Waals surface area contributed by atoms with Crippen molar-refractivity contribution in [2.24, 2.45) is 0 Å². The van der Waals surface area contributed by atoms with E-state index in [4.69, 9.17) is 14.2 Å². The predicted molar refractivity (Wildman–Crippen MR) is 136 cm³/mol. The topological polar surface area (TPSA) is 60.0 Å². The Morgan fingerprint density at radius 2 is 1.91 bits per heavy atom. The molecular formula is C27H32N2O4S. The number of hydrogen-bond donors (Lipinski definition) is 1. The molecule has 0 bridgehead atoms. The van der Waals surface area contributed by atoms with Crippen molar-refractivity contribution < 1.29 is 19.0 Å². The molecular weight excluding hydrogens is 448 g/mol. The van der Waals surface area contributed by atoms with Gasteiger partial charge in [-0.2, -0.15) is 0 Å². The van der Waals surface area contributed by atoms with Crippen LogP contribution in [0.15, 0.2) is 60.7 Å². The van der Waals surface area contributed by atoms with Gasteiger partial charge in [-0.25, -0.2) is 0 Å². The number of ether oxygens (including phenoxy) is 3. The third kappa shape index (κ3) is 6.38. The van der Waals surface area contributed by atoms with Crippen LogP contribution in [0.25, 0.3) is 10.4 Å². The van der Waals surface area contributed by atoms with Gasteiger partial charge >= 0.3 is 0 Å². The number of likely N-dealkylation sites (N-methyl/N-ethyl adjacent to an activating group) is 1. The Morgan fingerprint density at radius 1 is 1.12 bits per heavy atom. The van der Waals surface area contributed by atoms with Crippen molar-refractivity contribution in [3.05, 3.63) is 71.1 Å². The molecule has 0 unspecified atom stereocenters. The van der Waals surface area contributed by atoms with Crippen molar-refractivity contribution in [3.63, 3.8) is 0 Å². The summed E-state index contributed by atoms with van der Waals surface area (Å²) in [4.78, 5) is 16.8. The molecule has 2 aromatic carbocycles. The molecule has 2 heterocycles. The molecule has 0 saturated carbocycles. The molecule has 1 N–H and O–H groups in total. The van der Waals surface area contributed by atoms with Crippen LogP contribution in [-0.2, 0) is 11.3 Å². The van der Waals surface area contributed by atoms with Crippen molar-refractivity contribution in [2.45, 2.75) is 25.4 Å². The molecule has 4 rings (SSSR count). The van der Waals surface area contributed by atoms with E-state index in [0.29, 0.717) is 29.8 Å². The quantitative estimate of drug-likeness (QED) is 0.450. The standard InChI is InChI=1S/C27H32N2O4S/c1-29(22-11-14-32-15-12-22)13-16-33-23-10-6-7-20(17-23)19-28-27(30)26-24(31-2)18-25(34-26)21-8-4-3-5-9-21/h3-10,17-18,22H,11-16,19H2,1-2H3,(H,28,30). The molecule has 1 amide bonds. The lowest BCUT2D eigenvalue weighted by Gasteiger charge is -2.31. The molecule has 0 spiro atoms. The van der Waals surface area contributed by atoms with Gasteiger partial charge in [0.25, 0.3) is 5.91 Å². The molecule has 1 aromatic heterocycles. The third-order valence-corrected chi connectivity index (χ3v) is 7.23. The summed E-state index contributed by atoms with van der Waals surface area (Å²) in [5.41, 5.74) is 2.06. The lowest BCUT2D eigenvalue weighted by molar-refractivity contribution is 0.0392. The van der Waals surface area contributed by atoms with E-state index in [9.17, 15) is 4.79 Å². The van der Waals surface area contributed by atoms with Crippen molar-refractivity contribution in [1.29, 1.82) is 0 Å². The highest BCUT2D eigenvalue weighted by Gasteiger charge is 2.19. The Balaban J connectivity index is 1.30. The lowest BCUT2D eigenvalue weighted by Crippen LogP contribution is -2.38. The molecule has 180 valence electrons. The molecule has 1 aliphatic heterocycles. The van der Waals surface area contributed by atoms with Crippen molar-refractivity contribution in [2.75, 3.05) is 40.5 Å². The van der Waals surface area contributed by atoms with Crippen molar-refractivity contribution in [3.8, 4) is 21.9 Å². The molecule has 0 aliphatic carbocycles. The van der Waals surface area contributed by atoms with Gasteiger partial charge in [0, 0.05) is 37.2 Å². The van der Waals surface area contributed by atoms with Gasteiger partial charge in [0.05, 0.1) is 7.11 Å². The van der Waals surface area contributed by atoms with E-state index in [1.165, 1.54) is 11.3 Å². The van der Waals surface area contributed by atoms with Crippen LogP contribution in [0.1, 0.15) is 28.1 Å². The summed E-state index contributed by atoms with van der Waals surface area (Å²) >= 11 is 1.43. The van der Waals surface area contributed by atoms with Crippen LogP contribution in [0.3, 0.4) is 0 Å². The largest absolute Gasteiger partial charge is 0.495 e. The maximum absolute atomic E-state index is 12.9. The van der Waals surface area contributed by atoms with Crippen LogP contribution in [0.5, 0.6) is 11.5 Å². The monoisotopic (exact) mass is 480 g/mol. The number of methoxy groups -OCH3 is 1. The van der Waals surface area contributed by atoms with E-state index < -0.39 is 0 Å². The number of nitrogens with one attached hydrogen (secondary N) is 1. The normalized spacial score (nSPS) is 14.2. The van der Waals surface area contributed by atoms with E-state index in [0.717, 1.165) is 54.4 Å². The smallest absolute Gasteiger partial charge is 0.265 e. The summed E-state index contributed by atoms with van der Waals surface area (Å²) in [5, 5.41) is 3.02. The van der Waals surface area contributed by atoms with Gasteiger partial charge in [-0.05, 0) is 49.2 Å². The van der Waals surface area contributed by atoms with Crippen LogP contribution in [-0.4, -0.2) is 57.4 Å². The lowest BCUT2D eigenvalue weighted by atomic mass is 10.1. The summed E-state index contributed by atoms with van der Waals surface area (Å²) in [6.07, 6.45) is 2.15. The molecule has 34 heavy (non-hydrogen) atoms. The Labute approximate surface area is 205 Å². The first kappa shape index (κ1) is 24.3. The van der Waals surface area contributed by atoms with E-state index in [2.05, 4.69) is 17.3 Å². The molecule has 7 heteroatoms. The van der Waals surface area contributed by atoms with Crippen molar-refractivity contribution in [1.82, 2.24) is 10.2 Å². The zero-order chi connectivity index (χ0) is 23.8. The zero-order valence-electron chi connectivity index (χ0n) is 19.8. The Morgan fingerprint density at radius 3 is 2.68 bits per heavy atom. The summed E-state index contributed by atoms with van der Waals surface area (Å²) in [5.74, 6) is 1.26. The van der Waals surface area contributed by atoms with Gasteiger partial charge < -0.3 is 19.5 Å². The second kappa shape index (κ2) is 12.0. The maximum atomic E-state index is 12.9. The Bertz CT molecular complexity index is 1060. The van der Waals surface area contributed by atoms with E-state index >= 15 is 0 Å². The highest BCUT2D eigenvalue weighted by molar-refractivity contribution is 7.17. The van der Waals surface area contributed by atoms with Gasteiger partial charge in [0.1, 0.15) is 23.0 Å². The average Bonchev–Trinajstić information content (AvgIpc) is 3.33. The number of carbonyl (C=O) groups is 1.